The summed E-state index contributed by atoms with van der Waals surface area (Å²) >= 11 is 0. The van der Waals surface area contributed by atoms with Crippen molar-refractivity contribution in [1.82, 2.24) is 0 Å². The molecule has 17 heavy (non-hydrogen) atoms. The second kappa shape index (κ2) is 8.90. The predicted molar refractivity (Wildman–Crippen MR) is 64.8 cm³/mol. The predicted octanol–water partition coefficient (Wildman–Crippen LogP) is 2.60. The molecule has 0 saturated carbocycles. The summed E-state index contributed by atoms with van der Waals surface area (Å²) in [5.41, 5.74) is 0. The van der Waals surface area contributed by atoms with E-state index in [1.807, 2.05) is 6.92 Å². The van der Waals surface area contributed by atoms with Crippen LogP contribution in [0, 0.1) is 5.92 Å². The first-order valence-electron chi connectivity index (χ1n) is 6.23. The van der Waals surface area contributed by atoms with E-state index >= 15 is 0 Å². The van der Waals surface area contributed by atoms with E-state index in [4.69, 9.17) is 5.11 Å². The average Bonchev–Trinajstić information content (AvgIpc) is 2.26. The minimum absolute atomic E-state index is 0.00854. The maximum absolute atomic E-state index is 11.5. The summed E-state index contributed by atoms with van der Waals surface area (Å²) in [5, 5.41) is 8.54. The molecule has 0 aliphatic carbocycles. The molecule has 4 heteroatoms. The van der Waals surface area contributed by atoms with E-state index in [2.05, 4.69) is 0 Å². The zero-order valence-corrected chi connectivity index (χ0v) is 10.7. The van der Waals surface area contributed by atoms with Gasteiger partial charge in [-0.15, -0.1) is 0 Å². The molecule has 0 bridgehead atoms. The van der Waals surface area contributed by atoms with Gasteiger partial charge in [0.1, 0.15) is 11.6 Å². The highest BCUT2D eigenvalue weighted by Crippen LogP contribution is 2.11. The molecule has 0 fully saturated rings. The highest BCUT2D eigenvalue weighted by Gasteiger charge is 2.15. The molecule has 0 aromatic carbocycles. The van der Waals surface area contributed by atoms with E-state index in [1.54, 1.807) is 6.92 Å². The van der Waals surface area contributed by atoms with Crippen molar-refractivity contribution < 1.29 is 19.5 Å². The van der Waals surface area contributed by atoms with Gasteiger partial charge in [-0.3, -0.25) is 14.4 Å². The second-order valence-electron chi connectivity index (χ2n) is 4.42. The minimum Gasteiger partial charge on any atom is -0.481 e. The smallest absolute Gasteiger partial charge is 0.304 e. The molecule has 1 N–H and O–H groups in total. The first-order valence-corrected chi connectivity index (χ1v) is 6.23. The average molecular weight is 242 g/mol. The van der Waals surface area contributed by atoms with Crippen LogP contribution >= 0.6 is 0 Å². The molecule has 0 amide bonds. The van der Waals surface area contributed by atoms with E-state index in [-0.39, 0.29) is 18.0 Å². The van der Waals surface area contributed by atoms with Gasteiger partial charge in [-0.05, 0) is 12.8 Å². The molecule has 0 heterocycles. The van der Waals surface area contributed by atoms with Crippen LogP contribution in [-0.2, 0) is 14.4 Å². The Kier molecular flexibility index (Phi) is 8.28. The highest BCUT2D eigenvalue weighted by molar-refractivity contribution is 5.84. The fourth-order valence-corrected chi connectivity index (χ4v) is 1.60. The van der Waals surface area contributed by atoms with E-state index in [1.165, 1.54) is 0 Å². The molecule has 0 aromatic heterocycles. The number of carbonyl (C=O) groups is 3. The molecule has 0 rings (SSSR count). The van der Waals surface area contributed by atoms with E-state index in [0.29, 0.717) is 19.3 Å². The number of rotatable bonds is 10. The van der Waals surface area contributed by atoms with Crippen molar-refractivity contribution in [3.63, 3.8) is 0 Å². The van der Waals surface area contributed by atoms with E-state index in [0.717, 1.165) is 19.3 Å². The number of carbonyl (C=O) groups excluding carboxylic acids is 2. The zero-order valence-electron chi connectivity index (χ0n) is 10.7. The van der Waals surface area contributed by atoms with Crippen molar-refractivity contribution in [2.24, 2.45) is 5.92 Å². The van der Waals surface area contributed by atoms with Crippen molar-refractivity contribution in [3.05, 3.63) is 0 Å². The Hall–Kier alpha value is -1.19. The Morgan fingerprint density at radius 2 is 1.65 bits per heavy atom. The van der Waals surface area contributed by atoms with Crippen LogP contribution in [0.4, 0.5) is 0 Å². The van der Waals surface area contributed by atoms with Crippen LogP contribution in [0.25, 0.3) is 0 Å². The van der Waals surface area contributed by atoms with Crippen LogP contribution in [0.5, 0.6) is 0 Å². The molecule has 0 aliphatic rings. The Bertz CT molecular complexity index is 271. The molecular formula is C13H22O4. The molecule has 1 atom stereocenters. The summed E-state index contributed by atoms with van der Waals surface area (Å²) < 4.78 is 0. The van der Waals surface area contributed by atoms with Crippen LogP contribution < -0.4 is 0 Å². The lowest BCUT2D eigenvalue weighted by molar-refractivity contribution is -0.140. The number of aliphatic carboxylic acids is 1. The number of carboxylic acids is 1. The maximum Gasteiger partial charge on any atom is 0.304 e. The van der Waals surface area contributed by atoms with E-state index in [9.17, 15) is 14.4 Å². The molecule has 0 spiro atoms. The van der Waals surface area contributed by atoms with Crippen molar-refractivity contribution in [3.8, 4) is 0 Å². The number of carboxylic acid groups (broad SMARTS) is 1. The lowest BCUT2D eigenvalue weighted by Crippen LogP contribution is -2.14. The summed E-state index contributed by atoms with van der Waals surface area (Å²) in [6, 6.07) is 0. The lowest BCUT2D eigenvalue weighted by atomic mass is 9.97. The number of hydrogen-bond donors (Lipinski definition) is 1. The summed E-state index contributed by atoms with van der Waals surface area (Å²) in [5.74, 6) is -1.06. The Morgan fingerprint density at radius 3 is 2.18 bits per heavy atom. The molecule has 0 saturated heterocycles. The van der Waals surface area contributed by atoms with Crippen molar-refractivity contribution in [1.29, 1.82) is 0 Å². The molecule has 0 aliphatic heterocycles. The second-order valence-corrected chi connectivity index (χ2v) is 4.42. The number of hydrogen-bond acceptors (Lipinski definition) is 3. The maximum atomic E-state index is 11.5. The van der Waals surface area contributed by atoms with Crippen molar-refractivity contribution in [2.75, 3.05) is 0 Å². The third-order valence-corrected chi connectivity index (χ3v) is 2.80. The van der Waals surface area contributed by atoms with Gasteiger partial charge in [0.05, 0.1) is 6.42 Å². The fraction of sp³-hybridized carbons (Fsp3) is 0.769. The van der Waals surface area contributed by atoms with Gasteiger partial charge < -0.3 is 5.11 Å². The minimum atomic E-state index is -0.931. The van der Waals surface area contributed by atoms with Crippen LogP contribution in [0.3, 0.4) is 0 Å². The topological polar surface area (TPSA) is 71.4 Å². The van der Waals surface area contributed by atoms with Crippen molar-refractivity contribution >= 4 is 17.5 Å². The van der Waals surface area contributed by atoms with Crippen LogP contribution in [0.15, 0.2) is 0 Å². The van der Waals surface area contributed by atoms with Gasteiger partial charge in [-0.1, -0.05) is 20.3 Å². The molecule has 0 radical (unpaired) electrons. The highest BCUT2D eigenvalue weighted by atomic mass is 16.4. The molecule has 1 unspecified atom stereocenters. The first kappa shape index (κ1) is 15.8. The molecule has 4 nitrogen and oxygen atoms in total. The van der Waals surface area contributed by atoms with Gasteiger partial charge in [0, 0.05) is 25.2 Å². The summed E-state index contributed by atoms with van der Waals surface area (Å²) in [7, 11) is 0. The van der Waals surface area contributed by atoms with Crippen molar-refractivity contribution in [2.45, 2.75) is 58.8 Å². The fourth-order valence-electron chi connectivity index (χ4n) is 1.60. The van der Waals surface area contributed by atoms with Crippen LogP contribution in [0.2, 0.25) is 0 Å². The summed E-state index contributed by atoms with van der Waals surface area (Å²) in [4.78, 5) is 32.9. The lowest BCUT2D eigenvalue weighted by Gasteiger charge is -2.07. The first-order chi connectivity index (χ1) is 7.97. The number of Topliss-reactive ketones (excluding diaryl/α,β-unsaturated/α-hetero) is 2. The van der Waals surface area contributed by atoms with Gasteiger partial charge in [0.25, 0.3) is 0 Å². The monoisotopic (exact) mass is 242 g/mol. The van der Waals surface area contributed by atoms with Gasteiger partial charge in [0.15, 0.2) is 0 Å². The molecule has 0 aromatic rings. The number of ketones is 2. The molecule has 98 valence electrons. The molecular weight excluding hydrogens is 220 g/mol. The van der Waals surface area contributed by atoms with Crippen LogP contribution in [0.1, 0.15) is 58.8 Å². The largest absolute Gasteiger partial charge is 0.481 e. The van der Waals surface area contributed by atoms with Crippen LogP contribution in [-0.4, -0.2) is 22.6 Å². The normalized spacial score (nSPS) is 12.1. The van der Waals surface area contributed by atoms with Gasteiger partial charge >= 0.3 is 5.97 Å². The Balaban J connectivity index is 3.57. The van der Waals surface area contributed by atoms with Gasteiger partial charge in [-0.2, -0.15) is 0 Å². The quantitative estimate of drug-likeness (QED) is 0.598. The third kappa shape index (κ3) is 8.60. The SMILES string of the molecule is CCC(=O)CCCCCC(=O)C(C)CC(=O)O. The summed E-state index contributed by atoms with van der Waals surface area (Å²) in [6.07, 6.45) is 3.94. The standard InChI is InChI=1S/C13H22O4/c1-3-11(14)7-5-4-6-8-12(15)10(2)9-13(16)17/h10H,3-9H2,1-2H3,(H,16,17). The zero-order chi connectivity index (χ0) is 13.3. The third-order valence-electron chi connectivity index (χ3n) is 2.80. The Labute approximate surface area is 102 Å². The van der Waals surface area contributed by atoms with Gasteiger partial charge in [-0.25, -0.2) is 0 Å². The van der Waals surface area contributed by atoms with E-state index < -0.39 is 11.9 Å². The number of unbranched alkanes of at least 4 members (excludes halogenated alkanes) is 2. The Morgan fingerprint density at radius 1 is 1.06 bits per heavy atom. The van der Waals surface area contributed by atoms with Gasteiger partial charge in [0.2, 0.25) is 0 Å². The summed E-state index contributed by atoms with van der Waals surface area (Å²) in [6.45, 7) is 3.50.